The highest BCUT2D eigenvalue weighted by atomic mass is 16.3. The zero-order valence-corrected chi connectivity index (χ0v) is 13.9. The number of hydrogen-bond acceptors (Lipinski definition) is 6. The Balaban J connectivity index is 1.59. The number of piperidine rings is 1. The van der Waals surface area contributed by atoms with E-state index in [0.29, 0.717) is 19.1 Å². The second kappa shape index (κ2) is 10.5. The molecule has 1 aromatic heterocycles. The van der Waals surface area contributed by atoms with Crippen LogP contribution in [0.5, 0.6) is 0 Å². The molecule has 0 unspecified atom stereocenters. The monoisotopic (exact) mass is 322 g/mol. The Morgan fingerprint density at radius 1 is 1.09 bits per heavy atom. The normalized spacial score (nSPS) is 16.2. The second-order valence-electron chi connectivity index (χ2n) is 6.06. The molecule has 0 saturated carbocycles. The van der Waals surface area contributed by atoms with Crippen LogP contribution in [0, 0.1) is 0 Å². The summed E-state index contributed by atoms with van der Waals surface area (Å²) in [7, 11) is 0. The van der Waals surface area contributed by atoms with Crippen molar-refractivity contribution in [2.45, 2.75) is 25.3 Å². The Labute approximate surface area is 139 Å². The largest absolute Gasteiger partial charge is 0.395 e. The summed E-state index contributed by atoms with van der Waals surface area (Å²) in [4.78, 5) is 8.60. The van der Waals surface area contributed by atoms with E-state index in [0.717, 1.165) is 32.6 Å². The molecule has 130 valence electrons. The molecule has 1 aliphatic heterocycles. The van der Waals surface area contributed by atoms with E-state index in [9.17, 15) is 0 Å². The molecule has 1 aromatic rings. The van der Waals surface area contributed by atoms with Crippen LogP contribution in [0.15, 0.2) is 24.5 Å². The summed E-state index contributed by atoms with van der Waals surface area (Å²) in [5.41, 5.74) is 1.27. The average molecular weight is 322 g/mol. The Bertz CT molecular complexity index is 404. The molecule has 6 nitrogen and oxygen atoms in total. The van der Waals surface area contributed by atoms with Crippen molar-refractivity contribution in [1.29, 1.82) is 0 Å². The molecule has 0 aromatic carbocycles. The van der Waals surface area contributed by atoms with Gasteiger partial charge in [0.1, 0.15) is 0 Å². The van der Waals surface area contributed by atoms with Gasteiger partial charge in [-0.2, -0.15) is 0 Å². The molecule has 0 aliphatic carbocycles. The van der Waals surface area contributed by atoms with Crippen LogP contribution in [-0.4, -0.2) is 78.6 Å². The van der Waals surface area contributed by atoms with Gasteiger partial charge in [-0.05, 0) is 44.5 Å². The van der Waals surface area contributed by atoms with Gasteiger partial charge in [-0.25, -0.2) is 0 Å². The summed E-state index contributed by atoms with van der Waals surface area (Å²) >= 11 is 0. The van der Waals surface area contributed by atoms with Gasteiger partial charge < -0.3 is 20.4 Å². The first kappa shape index (κ1) is 18.1. The zero-order chi connectivity index (χ0) is 16.3. The van der Waals surface area contributed by atoms with Gasteiger partial charge in [-0.3, -0.25) is 9.88 Å². The highest BCUT2D eigenvalue weighted by Gasteiger charge is 2.18. The van der Waals surface area contributed by atoms with Gasteiger partial charge in [0.2, 0.25) is 0 Å². The predicted molar refractivity (Wildman–Crippen MR) is 92.7 cm³/mol. The van der Waals surface area contributed by atoms with Gasteiger partial charge in [-0.1, -0.05) is 0 Å². The first-order chi connectivity index (χ1) is 11.3. The number of nitrogens with one attached hydrogen (secondary N) is 1. The number of nitrogens with zero attached hydrogens (tertiary/aromatic N) is 3. The summed E-state index contributed by atoms with van der Waals surface area (Å²) in [5.74, 6) is 0. The number of anilines is 1. The molecule has 6 heteroatoms. The smallest absolute Gasteiger partial charge is 0.0558 e. The Hall–Kier alpha value is -1.21. The highest BCUT2D eigenvalue weighted by Crippen LogP contribution is 2.18. The van der Waals surface area contributed by atoms with E-state index in [4.69, 9.17) is 10.2 Å². The molecule has 0 radical (unpaired) electrons. The van der Waals surface area contributed by atoms with Gasteiger partial charge in [0.25, 0.3) is 0 Å². The van der Waals surface area contributed by atoms with E-state index in [1.54, 1.807) is 0 Å². The zero-order valence-electron chi connectivity index (χ0n) is 13.9. The number of aliphatic hydroxyl groups is 2. The van der Waals surface area contributed by atoms with Crippen molar-refractivity contribution in [2.75, 3.05) is 57.4 Å². The van der Waals surface area contributed by atoms with Gasteiger partial charge in [0.05, 0.1) is 13.2 Å². The van der Waals surface area contributed by atoms with Crippen molar-refractivity contribution < 1.29 is 10.2 Å². The fraction of sp³-hybridized carbons (Fsp3) is 0.706. The average Bonchev–Trinajstić information content (AvgIpc) is 2.60. The molecule has 1 aliphatic rings. The molecule has 0 bridgehead atoms. The van der Waals surface area contributed by atoms with Gasteiger partial charge >= 0.3 is 0 Å². The molecule has 0 spiro atoms. The van der Waals surface area contributed by atoms with Crippen LogP contribution in [0.25, 0.3) is 0 Å². The SMILES string of the molecule is OCCN(CCO)CCCNC1CCN(c2ccncc2)CC1. The van der Waals surface area contributed by atoms with Crippen molar-refractivity contribution in [3.05, 3.63) is 24.5 Å². The van der Waals surface area contributed by atoms with Crippen LogP contribution in [-0.2, 0) is 0 Å². The fourth-order valence-electron chi connectivity index (χ4n) is 3.12. The van der Waals surface area contributed by atoms with Crippen molar-refractivity contribution in [1.82, 2.24) is 15.2 Å². The summed E-state index contributed by atoms with van der Waals surface area (Å²) in [6.07, 6.45) is 7.08. The van der Waals surface area contributed by atoms with Crippen molar-refractivity contribution >= 4 is 5.69 Å². The Morgan fingerprint density at radius 2 is 1.74 bits per heavy atom. The van der Waals surface area contributed by atoms with E-state index >= 15 is 0 Å². The molecule has 2 heterocycles. The lowest BCUT2D eigenvalue weighted by Gasteiger charge is -2.34. The first-order valence-corrected chi connectivity index (χ1v) is 8.66. The third-order valence-corrected chi connectivity index (χ3v) is 4.44. The first-order valence-electron chi connectivity index (χ1n) is 8.66. The van der Waals surface area contributed by atoms with Crippen molar-refractivity contribution in [3.63, 3.8) is 0 Å². The lowest BCUT2D eigenvalue weighted by Crippen LogP contribution is -2.43. The van der Waals surface area contributed by atoms with E-state index in [1.165, 1.54) is 18.5 Å². The van der Waals surface area contributed by atoms with E-state index < -0.39 is 0 Å². The molecular formula is C17H30N4O2. The van der Waals surface area contributed by atoms with Gasteiger partial charge in [0, 0.05) is 50.3 Å². The fourth-order valence-corrected chi connectivity index (χ4v) is 3.12. The van der Waals surface area contributed by atoms with Crippen LogP contribution >= 0.6 is 0 Å². The quantitative estimate of drug-likeness (QED) is 0.539. The maximum absolute atomic E-state index is 9.00. The standard InChI is InChI=1S/C17H30N4O2/c22-14-12-20(13-15-23)9-1-6-19-16-4-10-21(11-5-16)17-2-7-18-8-3-17/h2-3,7-8,16,19,22-23H,1,4-6,9-15H2. The summed E-state index contributed by atoms with van der Waals surface area (Å²) < 4.78 is 0. The molecule has 0 atom stereocenters. The molecule has 1 fully saturated rings. The topological polar surface area (TPSA) is 71.9 Å². The Morgan fingerprint density at radius 3 is 2.35 bits per heavy atom. The minimum absolute atomic E-state index is 0.154. The predicted octanol–water partition coefficient (Wildman–Crippen LogP) is 0.317. The molecule has 3 N–H and O–H groups in total. The van der Waals surface area contributed by atoms with Crippen LogP contribution in [0.3, 0.4) is 0 Å². The molecular weight excluding hydrogens is 292 g/mol. The van der Waals surface area contributed by atoms with Crippen LogP contribution in [0.4, 0.5) is 5.69 Å². The van der Waals surface area contributed by atoms with Crippen molar-refractivity contribution in [3.8, 4) is 0 Å². The Kier molecular flexibility index (Phi) is 8.31. The van der Waals surface area contributed by atoms with Crippen LogP contribution in [0.2, 0.25) is 0 Å². The van der Waals surface area contributed by atoms with Crippen LogP contribution < -0.4 is 10.2 Å². The number of aromatic nitrogens is 1. The van der Waals surface area contributed by atoms with Crippen molar-refractivity contribution in [2.24, 2.45) is 0 Å². The lowest BCUT2D eigenvalue weighted by atomic mass is 10.0. The third kappa shape index (κ3) is 6.43. The molecule has 2 rings (SSSR count). The van der Waals surface area contributed by atoms with Gasteiger partial charge in [0.15, 0.2) is 0 Å². The summed E-state index contributed by atoms with van der Waals surface area (Å²) in [6.45, 7) is 5.68. The van der Waals surface area contributed by atoms with E-state index in [1.807, 2.05) is 12.4 Å². The molecule has 23 heavy (non-hydrogen) atoms. The minimum Gasteiger partial charge on any atom is -0.395 e. The number of pyridine rings is 1. The lowest BCUT2D eigenvalue weighted by molar-refractivity contribution is 0.159. The summed E-state index contributed by atoms with van der Waals surface area (Å²) in [5, 5.41) is 21.6. The maximum Gasteiger partial charge on any atom is 0.0558 e. The number of hydrogen-bond donors (Lipinski definition) is 3. The molecule has 1 saturated heterocycles. The maximum atomic E-state index is 9.00. The summed E-state index contributed by atoms with van der Waals surface area (Å²) in [6, 6.07) is 4.74. The number of rotatable bonds is 10. The number of aliphatic hydroxyl groups excluding tert-OH is 2. The minimum atomic E-state index is 0.154. The second-order valence-corrected chi connectivity index (χ2v) is 6.06. The van der Waals surface area contributed by atoms with Crippen LogP contribution in [0.1, 0.15) is 19.3 Å². The molecule has 0 amide bonds. The highest BCUT2D eigenvalue weighted by molar-refractivity contribution is 5.44. The van der Waals surface area contributed by atoms with Gasteiger partial charge in [-0.15, -0.1) is 0 Å². The van der Waals surface area contributed by atoms with E-state index in [2.05, 4.69) is 32.2 Å². The van der Waals surface area contributed by atoms with E-state index in [-0.39, 0.29) is 13.2 Å². The third-order valence-electron chi connectivity index (χ3n) is 4.44.